The van der Waals surface area contributed by atoms with Gasteiger partial charge in [0.1, 0.15) is 5.75 Å². The fourth-order valence-electron chi connectivity index (χ4n) is 2.93. The Hall–Kier alpha value is -1.88. The molecule has 1 aliphatic heterocycles. The lowest BCUT2D eigenvalue weighted by atomic mass is 10.1. The molecule has 0 aliphatic carbocycles. The zero-order valence-corrected chi connectivity index (χ0v) is 17.5. The van der Waals surface area contributed by atoms with Gasteiger partial charge in [-0.15, -0.1) is 0 Å². The van der Waals surface area contributed by atoms with Crippen LogP contribution in [-0.2, 0) is 14.9 Å². The number of nitrogens with one attached hydrogen (secondary N) is 2. The molecule has 0 aromatic heterocycles. The van der Waals surface area contributed by atoms with Gasteiger partial charge in [-0.2, -0.15) is 17.0 Å². The first-order chi connectivity index (χ1) is 13.3. The first-order valence-corrected chi connectivity index (χ1v) is 10.8. The second-order valence-corrected chi connectivity index (χ2v) is 8.68. The standard InChI is InChI=1S/C18H30N4O5S/c1-4-27-17-7-5-15(6-8-17)20-18(23)19-11-12-22(28(24,25)21(2)3)16-9-13-26-14-10-16/h5-8,16H,4,9-14H2,1-3H3,(H2,19,20,23). The molecule has 0 atom stereocenters. The van der Waals surface area contributed by atoms with Crippen LogP contribution >= 0.6 is 0 Å². The van der Waals surface area contributed by atoms with Gasteiger partial charge in [-0.05, 0) is 44.0 Å². The summed E-state index contributed by atoms with van der Waals surface area (Å²) in [5, 5.41) is 5.44. The maximum Gasteiger partial charge on any atom is 0.319 e. The van der Waals surface area contributed by atoms with E-state index in [4.69, 9.17) is 9.47 Å². The summed E-state index contributed by atoms with van der Waals surface area (Å²) < 4.78 is 38.6. The van der Waals surface area contributed by atoms with E-state index in [-0.39, 0.29) is 19.1 Å². The monoisotopic (exact) mass is 414 g/mol. The molecule has 28 heavy (non-hydrogen) atoms. The van der Waals surface area contributed by atoms with Crippen molar-refractivity contribution in [1.82, 2.24) is 13.9 Å². The molecule has 0 bridgehead atoms. The Bertz CT molecular complexity index is 718. The highest BCUT2D eigenvalue weighted by molar-refractivity contribution is 7.86. The van der Waals surface area contributed by atoms with Gasteiger partial charge in [0.05, 0.1) is 6.61 Å². The normalized spacial score (nSPS) is 15.6. The molecule has 1 fully saturated rings. The van der Waals surface area contributed by atoms with E-state index in [0.717, 1.165) is 5.75 Å². The van der Waals surface area contributed by atoms with Crippen LogP contribution in [0.2, 0.25) is 0 Å². The van der Waals surface area contributed by atoms with E-state index in [9.17, 15) is 13.2 Å². The minimum absolute atomic E-state index is 0.128. The van der Waals surface area contributed by atoms with Crippen LogP contribution in [0.25, 0.3) is 0 Å². The van der Waals surface area contributed by atoms with Crippen molar-refractivity contribution >= 4 is 21.9 Å². The van der Waals surface area contributed by atoms with Crippen molar-refractivity contribution in [3.63, 3.8) is 0 Å². The molecule has 1 aromatic rings. The molecule has 0 saturated carbocycles. The summed E-state index contributed by atoms with van der Waals surface area (Å²) in [6.45, 7) is 3.95. The Balaban J connectivity index is 1.89. The molecule has 1 saturated heterocycles. The Labute approximate surface area is 167 Å². The van der Waals surface area contributed by atoms with Gasteiger partial charge in [0.25, 0.3) is 10.2 Å². The van der Waals surface area contributed by atoms with Gasteiger partial charge in [-0.3, -0.25) is 0 Å². The number of carbonyl (C=O) groups is 1. The number of nitrogens with zero attached hydrogens (tertiary/aromatic N) is 2. The maximum absolute atomic E-state index is 12.7. The average Bonchev–Trinajstić information content (AvgIpc) is 2.67. The zero-order valence-electron chi connectivity index (χ0n) is 16.7. The van der Waals surface area contributed by atoms with E-state index < -0.39 is 16.2 Å². The fourth-order valence-corrected chi connectivity index (χ4v) is 4.25. The molecule has 2 N–H and O–H groups in total. The van der Waals surface area contributed by atoms with E-state index in [2.05, 4.69) is 10.6 Å². The number of hydrogen-bond acceptors (Lipinski definition) is 5. The highest BCUT2D eigenvalue weighted by atomic mass is 32.2. The molecule has 1 heterocycles. The first-order valence-electron chi connectivity index (χ1n) is 9.39. The van der Waals surface area contributed by atoms with Gasteiger partial charge in [-0.25, -0.2) is 4.79 Å². The van der Waals surface area contributed by atoms with Crippen LogP contribution < -0.4 is 15.4 Å². The van der Waals surface area contributed by atoms with E-state index in [1.165, 1.54) is 22.7 Å². The van der Waals surface area contributed by atoms with Crippen LogP contribution in [0.15, 0.2) is 24.3 Å². The molecule has 158 valence electrons. The lowest BCUT2D eigenvalue weighted by molar-refractivity contribution is 0.0575. The van der Waals surface area contributed by atoms with Crippen LogP contribution in [0.1, 0.15) is 19.8 Å². The summed E-state index contributed by atoms with van der Waals surface area (Å²) >= 11 is 0. The quantitative estimate of drug-likeness (QED) is 0.638. The van der Waals surface area contributed by atoms with Gasteiger partial charge >= 0.3 is 6.03 Å². The molecule has 0 spiro atoms. The van der Waals surface area contributed by atoms with Crippen LogP contribution in [0.5, 0.6) is 5.75 Å². The minimum atomic E-state index is -3.58. The third-order valence-corrected chi connectivity index (χ3v) is 6.39. The van der Waals surface area contributed by atoms with E-state index in [0.29, 0.717) is 38.3 Å². The van der Waals surface area contributed by atoms with E-state index >= 15 is 0 Å². The molecule has 9 nitrogen and oxygen atoms in total. The second-order valence-electron chi connectivity index (χ2n) is 6.58. The Morgan fingerprint density at radius 2 is 1.86 bits per heavy atom. The van der Waals surface area contributed by atoms with E-state index in [1.54, 1.807) is 24.3 Å². The number of hydrogen-bond donors (Lipinski definition) is 2. The number of amides is 2. The summed E-state index contributed by atoms with van der Waals surface area (Å²) in [4.78, 5) is 12.1. The van der Waals surface area contributed by atoms with Crippen LogP contribution in [0, 0.1) is 0 Å². The highest BCUT2D eigenvalue weighted by Gasteiger charge is 2.32. The van der Waals surface area contributed by atoms with E-state index in [1.807, 2.05) is 6.92 Å². The molecule has 0 unspecified atom stereocenters. The van der Waals surface area contributed by atoms with Crippen molar-refractivity contribution in [2.45, 2.75) is 25.8 Å². The highest BCUT2D eigenvalue weighted by Crippen LogP contribution is 2.19. The number of ether oxygens (including phenoxy) is 2. The van der Waals surface area contributed by atoms with Crippen molar-refractivity contribution in [2.75, 3.05) is 52.3 Å². The number of urea groups is 1. The predicted octanol–water partition coefficient (Wildman–Crippen LogP) is 1.49. The van der Waals surface area contributed by atoms with Crippen molar-refractivity contribution in [2.24, 2.45) is 0 Å². The predicted molar refractivity (Wildman–Crippen MR) is 108 cm³/mol. The number of benzene rings is 1. The molecular formula is C18H30N4O5S. The summed E-state index contributed by atoms with van der Waals surface area (Å²) in [7, 11) is -0.565. The minimum Gasteiger partial charge on any atom is -0.494 e. The Morgan fingerprint density at radius 3 is 2.43 bits per heavy atom. The lowest BCUT2D eigenvalue weighted by Gasteiger charge is -2.34. The second kappa shape index (κ2) is 10.6. The van der Waals surface area contributed by atoms with Crippen LogP contribution in [0.3, 0.4) is 0 Å². The summed E-state index contributed by atoms with van der Waals surface area (Å²) in [5.41, 5.74) is 0.628. The smallest absolute Gasteiger partial charge is 0.319 e. The van der Waals surface area contributed by atoms with Gasteiger partial charge in [0.15, 0.2) is 0 Å². The average molecular weight is 415 g/mol. The summed E-state index contributed by atoms with van der Waals surface area (Å²) in [6, 6.07) is 6.52. The number of carbonyl (C=O) groups excluding carboxylic acids is 1. The molecule has 1 aromatic carbocycles. The number of anilines is 1. The SMILES string of the molecule is CCOc1ccc(NC(=O)NCCN(C2CCOCC2)S(=O)(=O)N(C)C)cc1. The van der Waals surface area contributed by atoms with Gasteiger partial charge in [-0.1, -0.05) is 0 Å². The van der Waals surface area contributed by atoms with Crippen molar-refractivity contribution in [3.8, 4) is 5.75 Å². The van der Waals surface area contributed by atoms with Gasteiger partial charge in [0, 0.05) is 52.1 Å². The lowest BCUT2D eigenvalue weighted by Crippen LogP contribution is -2.50. The molecule has 0 radical (unpaired) electrons. The zero-order chi connectivity index (χ0) is 20.6. The Morgan fingerprint density at radius 1 is 1.21 bits per heavy atom. The summed E-state index contributed by atoms with van der Waals surface area (Å²) in [6.07, 6.45) is 1.29. The third kappa shape index (κ3) is 6.33. The van der Waals surface area contributed by atoms with Crippen molar-refractivity contribution < 1.29 is 22.7 Å². The Kier molecular flexibility index (Phi) is 8.49. The maximum atomic E-state index is 12.7. The number of rotatable bonds is 9. The van der Waals surface area contributed by atoms with Gasteiger partial charge < -0.3 is 20.1 Å². The largest absolute Gasteiger partial charge is 0.494 e. The molecule has 2 rings (SSSR count). The van der Waals surface area contributed by atoms with Crippen LogP contribution in [-0.4, -0.2) is 76.1 Å². The van der Waals surface area contributed by atoms with Crippen LogP contribution in [0.4, 0.5) is 10.5 Å². The summed E-state index contributed by atoms with van der Waals surface area (Å²) in [5.74, 6) is 0.731. The molecule has 2 amide bonds. The first kappa shape index (κ1) is 22.4. The molecule has 10 heteroatoms. The van der Waals surface area contributed by atoms with Crippen molar-refractivity contribution in [3.05, 3.63) is 24.3 Å². The van der Waals surface area contributed by atoms with Crippen molar-refractivity contribution in [1.29, 1.82) is 0 Å². The molecule has 1 aliphatic rings. The van der Waals surface area contributed by atoms with Gasteiger partial charge in [0.2, 0.25) is 0 Å². The topological polar surface area (TPSA) is 100 Å². The third-order valence-electron chi connectivity index (χ3n) is 4.40. The fraction of sp³-hybridized carbons (Fsp3) is 0.611. The molecular weight excluding hydrogens is 384 g/mol.